The van der Waals surface area contributed by atoms with E-state index in [9.17, 15) is 4.91 Å². The summed E-state index contributed by atoms with van der Waals surface area (Å²) < 4.78 is 0.558. The van der Waals surface area contributed by atoms with Crippen LogP contribution in [0.2, 0.25) is 0 Å². The van der Waals surface area contributed by atoms with E-state index in [1.54, 1.807) is 6.07 Å². The minimum atomic E-state index is 0. The zero-order valence-corrected chi connectivity index (χ0v) is 7.09. The van der Waals surface area contributed by atoms with Crippen LogP contribution in [-0.4, -0.2) is 5.10 Å². The molecule has 0 saturated heterocycles. The Morgan fingerprint density at radius 2 is 2.00 bits per heavy atom. The lowest BCUT2D eigenvalue weighted by atomic mass is 10.3. The maximum Gasteiger partial charge on any atom is 0.257 e. The van der Waals surface area contributed by atoms with Crippen LogP contribution < -0.4 is 10.3 Å². The number of nitrogen functional groups attached to an aromatic ring is 1. The number of H-pyrrole nitrogens is 1. The van der Waals surface area contributed by atoms with E-state index in [0.717, 1.165) is 5.56 Å². The summed E-state index contributed by atoms with van der Waals surface area (Å²) in [6.07, 6.45) is 1.37. The number of aromatic amines is 1. The first kappa shape index (κ1) is 13.3. The van der Waals surface area contributed by atoms with Gasteiger partial charge >= 0.3 is 0 Å². The molecule has 1 aromatic heterocycles. The van der Waals surface area contributed by atoms with Gasteiger partial charge in [-0.2, -0.15) is 0 Å². The molecular weight excluding hydrogens is 154 g/mol. The van der Waals surface area contributed by atoms with Gasteiger partial charge in [0.25, 0.3) is 6.20 Å². The lowest BCUT2D eigenvalue weighted by molar-refractivity contribution is -0.562. The van der Waals surface area contributed by atoms with Crippen molar-refractivity contribution in [3.8, 4) is 0 Å². The van der Waals surface area contributed by atoms with Crippen molar-refractivity contribution in [3.05, 3.63) is 22.7 Å². The van der Waals surface area contributed by atoms with E-state index in [1.165, 1.54) is 6.20 Å². The topological polar surface area (TPSA) is 64.8 Å². The highest BCUT2D eigenvalue weighted by Gasteiger charge is 1.95. The monoisotopic (exact) mass is 172 g/mol. The Kier molecular flexibility index (Phi) is 7.08. The Labute approximate surface area is 73.0 Å². The first-order valence-electron chi connectivity index (χ1n) is 3.58. The fourth-order valence-corrected chi connectivity index (χ4v) is 0.513. The van der Waals surface area contributed by atoms with Gasteiger partial charge in [0.05, 0.1) is 4.91 Å². The fraction of sp³-hybridized carbons (Fsp3) is 0.500. The van der Waals surface area contributed by atoms with E-state index in [1.807, 2.05) is 20.8 Å². The molecule has 0 fully saturated rings. The first-order chi connectivity index (χ1) is 5.20. The summed E-state index contributed by atoms with van der Waals surface area (Å²) in [6, 6.07) is 1.65. The molecule has 1 rings (SSSR count). The van der Waals surface area contributed by atoms with Gasteiger partial charge in [-0.15, -0.1) is 0 Å². The normalized spacial score (nSPS) is 7.58. The van der Waals surface area contributed by atoms with Gasteiger partial charge < -0.3 is 5.73 Å². The molecule has 0 bridgehead atoms. The molecule has 0 atom stereocenters. The molecule has 3 N–H and O–H groups in total. The van der Waals surface area contributed by atoms with Gasteiger partial charge in [-0.05, 0) is 6.92 Å². The molecule has 0 aliphatic rings. The van der Waals surface area contributed by atoms with Gasteiger partial charge in [0, 0.05) is 11.6 Å². The Balaban J connectivity index is 0. The molecule has 0 radical (unpaired) electrons. The number of rotatable bonds is 0. The summed E-state index contributed by atoms with van der Waals surface area (Å²) in [4.78, 5) is 10.4. The molecule has 0 aliphatic carbocycles. The molecule has 0 aromatic carbocycles. The molecule has 0 aliphatic heterocycles. The van der Waals surface area contributed by atoms with Crippen LogP contribution in [-0.2, 0) is 0 Å². The molecule has 4 heteroatoms. The van der Waals surface area contributed by atoms with Crippen LogP contribution >= 0.6 is 0 Å². The maximum atomic E-state index is 10.4. The standard InChI is InChI=1S/C5H8N3O.C2H6.CH4/c1-4-2-3-8(9)7-5(4)6;1-2;/h2-3H,1H3,(H3,6,7,9);1-2H3;1H4/q+1;;. The lowest BCUT2D eigenvalue weighted by Gasteiger charge is -1.88. The summed E-state index contributed by atoms with van der Waals surface area (Å²) >= 11 is 0. The van der Waals surface area contributed by atoms with E-state index < -0.39 is 0 Å². The number of hydrogen-bond donors (Lipinski definition) is 2. The highest BCUT2D eigenvalue weighted by Crippen LogP contribution is 1.98. The zero-order valence-electron chi connectivity index (χ0n) is 7.09. The number of nitrogens with one attached hydrogen (secondary N) is 1. The fourth-order valence-electron chi connectivity index (χ4n) is 0.513. The zero-order chi connectivity index (χ0) is 8.85. The summed E-state index contributed by atoms with van der Waals surface area (Å²) in [7, 11) is 0. The van der Waals surface area contributed by atoms with Crippen molar-refractivity contribution in [1.29, 1.82) is 0 Å². The molecule has 1 aromatic rings. The molecule has 0 saturated carbocycles. The minimum Gasteiger partial charge on any atom is -0.381 e. The second kappa shape index (κ2) is 6.39. The summed E-state index contributed by atoms with van der Waals surface area (Å²) in [5.41, 5.74) is 6.22. The predicted octanol–water partition coefficient (Wildman–Crippen LogP) is 1.48. The third kappa shape index (κ3) is 3.75. The van der Waals surface area contributed by atoms with Crippen molar-refractivity contribution in [2.75, 3.05) is 5.73 Å². The van der Waals surface area contributed by atoms with Gasteiger partial charge in [-0.3, -0.25) is 0 Å². The number of nitrogens with two attached hydrogens (primary N) is 1. The predicted molar refractivity (Wildman–Crippen MR) is 51.4 cm³/mol. The van der Waals surface area contributed by atoms with Crippen LogP contribution in [0.1, 0.15) is 26.8 Å². The molecular formula is C8H18N3O+. The minimum absolute atomic E-state index is 0. The average molecular weight is 172 g/mol. The van der Waals surface area contributed by atoms with Crippen LogP contribution in [0.3, 0.4) is 0 Å². The van der Waals surface area contributed by atoms with Crippen molar-refractivity contribution in [1.82, 2.24) is 5.10 Å². The smallest absolute Gasteiger partial charge is 0.257 e. The third-order valence-corrected chi connectivity index (χ3v) is 1.12. The van der Waals surface area contributed by atoms with E-state index in [0.29, 0.717) is 10.4 Å². The Bertz CT molecular complexity index is 267. The van der Waals surface area contributed by atoms with E-state index >= 15 is 0 Å². The van der Waals surface area contributed by atoms with Crippen molar-refractivity contribution in [2.45, 2.75) is 28.2 Å². The Morgan fingerprint density at radius 3 is 2.33 bits per heavy atom. The van der Waals surface area contributed by atoms with Crippen LogP contribution in [0, 0.1) is 11.8 Å². The molecule has 12 heavy (non-hydrogen) atoms. The van der Waals surface area contributed by atoms with Crippen molar-refractivity contribution < 1.29 is 4.54 Å². The van der Waals surface area contributed by atoms with Crippen molar-refractivity contribution >= 4 is 5.82 Å². The highest BCUT2D eigenvalue weighted by atomic mass is 16.3. The Hall–Kier alpha value is -1.32. The van der Waals surface area contributed by atoms with E-state index in [-0.39, 0.29) is 7.43 Å². The largest absolute Gasteiger partial charge is 0.381 e. The van der Waals surface area contributed by atoms with E-state index in [4.69, 9.17) is 5.73 Å². The first-order valence-corrected chi connectivity index (χ1v) is 3.58. The van der Waals surface area contributed by atoms with Gasteiger partial charge in [-0.25, -0.2) is 0 Å². The van der Waals surface area contributed by atoms with Crippen LogP contribution in [0.5, 0.6) is 0 Å². The average Bonchev–Trinajstić information content (AvgIpc) is 2.02. The third-order valence-electron chi connectivity index (χ3n) is 1.12. The van der Waals surface area contributed by atoms with Crippen LogP contribution in [0.4, 0.5) is 5.82 Å². The van der Waals surface area contributed by atoms with Crippen molar-refractivity contribution in [3.63, 3.8) is 0 Å². The molecule has 0 amide bonds. The van der Waals surface area contributed by atoms with Gasteiger partial charge in [0.2, 0.25) is 0 Å². The molecule has 0 unspecified atom stereocenters. The summed E-state index contributed by atoms with van der Waals surface area (Å²) in [6.45, 7) is 5.83. The number of hydrogen-bond acceptors (Lipinski definition) is 2. The number of nitrogens with zero attached hydrogens (tertiary/aromatic N) is 1. The summed E-state index contributed by atoms with van der Waals surface area (Å²) in [5, 5.41) is 2.38. The second-order valence-corrected chi connectivity index (χ2v) is 1.85. The lowest BCUT2D eigenvalue weighted by Crippen LogP contribution is -2.20. The SMILES string of the molecule is C.CC.Cc1cc[n+](=O)[nH]c1N. The van der Waals surface area contributed by atoms with Gasteiger partial charge in [0.15, 0.2) is 10.4 Å². The quantitative estimate of drug-likeness (QED) is 0.582. The van der Waals surface area contributed by atoms with Crippen molar-refractivity contribution in [2.24, 2.45) is 0 Å². The molecule has 1 heterocycles. The highest BCUT2D eigenvalue weighted by molar-refractivity contribution is 5.33. The molecule has 4 nitrogen and oxygen atoms in total. The number of anilines is 1. The molecule has 70 valence electrons. The maximum absolute atomic E-state index is 10.4. The Morgan fingerprint density at radius 1 is 1.50 bits per heavy atom. The molecule has 0 spiro atoms. The van der Waals surface area contributed by atoms with Gasteiger partial charge in [-0.1, -0.05) is 26.4 Å². The number of aromatic nitrogens is 2. The second-order valence-electron chi connectivity index (χ2n) is 1.85. The van der Waals surface area contributed by atoms with E-state index in [2.05, 4.69) is 5.10 Å². The van der Waals surface area contributed by atoms with Crippen LogP contribution in [0.15, 0.2) is 12.3 Å². The summed E-state index contributed by atoms with van der Waals surface area (Å²) in [5.74, 6) is 0.410. The number of aryl methyl sites for hydroxylation is 1. The van der Waals surface area contributed by atoms with Crippen LogP contribution in [0.25, 0.3) is 0 Å². The van der Waals surface area contributed by atoms with Gasteiger partial charge in [0.1, 0.15) is 0 Å².